The van der Waals surface area contributed by atoms with Crippen LogP contribution in [0.4, 0.5) is 0 Å². The molecule has 1 aliphatic heterocycles. The molecule has 0 bridgehead atoms. The van der Waals surface area contributed by atoms with Crippen LogP contribution in [0.15, 0.2) is 6.07 Å². The van der Waals surface area contributed by atoms with Crippen LogP contribution in [-0.4, -0.2) is 29.4 Å². The van der Waals surface area contributed by atoms with Gasteiger partial charge in [-0.2, -0.15) is 11.8 Å². The topological polar surface area (TPSA) is 49.3 Å². The second-order valence-electron chi connectivity index (χ2n) is 4.98. The Morgan fingerprint density at radius 2 is 2.39 bits per heavy atom. The van der Waals surface area contributed by atoms with Crippen molar-refractivity contribution in [1.82, 2.24) is 5.32 Å². The number of carbonyl (C=O) groups is 1. The highest BCUT2D eigenvalue weighted by Crippen LogP contribution is 2.33. The van der Waals surface area contributed by atoms with Gasteiger partial charge in [-0.05, 0) is 42.6 Å². The second-order valence-corrected chi connectivity index (χ2v) is 7.22. The van der Waals surface area contributed by atoms with Gasteiger partial charge in [-0.15, -0.1) is 11.3 Å². The number of carbonyl (C=O) groups excluding carboxylic acids is 1. The molecule has 5 heteroatoms. The van der Waals surface area contributed by atoms with Crippen molar-refractivity contribution in [2.75, 3.05) is 12.3 Å². The average molecular weight is 283 g/mol. The first-order chi connectivity index (χ1) is 8.74. The average Bonchev–Trinajstić information content (AvgIpc) is 3.14. The van der Waals surface area contributed by atoms with Crippen molar-refractivity contribution in [2.24, 2.45) is 5.92 Å². The molecule has 3 nitrogen and oxygen atoms in total. The number of aryl methyl sites for hydroxylation is 1. The fourth-order valence-electron chi connectivity index (χ4n) is 2.19. The largest absolute Gasteiger partial charge is 0.391 e. The van der Waals surface area contributed by atoms with Crippen LogP contribution in [0, 0.1) is 5.92 Å². The molecule has 0 saturated heterocycles. The number of thiophene rings is 1. The van der Waals surface area contributed by atoms with Crippen molar-refractivity contribution in [3.8, 4) is 0 Å². The van der Waals surface area contributed by atoms with Gasteiger partial charge in [0, 0.05) is 17.2 Å². The molecule has 1 aromatic heterocycles. The van der Waals surface area contributed by atoms with E-state index >= 15 is 0 Å². The van der Waals surface area contributed by atoms with Crippen LogP contribution in [0.3, 0.4) is 0 Å². The van der Waals surface area contributed by atoms with E-state index in [0.29, 0.717) is 12.5 Å². The highest BCUT2D eigenvalue weighted by molar-refractivity contribution is 7.98. The first-order valence-corrected chi connectivity index (χ1v) is 8.37. The van der Waals surface area contributed by atoms with Crippen LogP contribution in [-0.2, 0) is 12.2 Å². The number of aliphatic hydroxyl groups excluding tert-OH is 1. The smallest absolute Gasteiger partial charge is 0.261 e. The van der Waals surface area contributed by atoms with E-state index in [2.05, 4.69) is 5.32 Å². The summed E-state index contributed by atoms with van der Waals surface area (Å²) in [6.07, 6.45) is 2.92. The quantitative estimate of drug-likeness (QED) is 0.889. The minimum Gasteiger partial charge on any atom is -0.391 e. The predicted octanol–water partition coefficient (Wildman–Crippen LogP) is 2.04. The third-order valence-electron chi connectivity index (χ3n) is 3.49. The minimum atomic E-state index is -0.362. The van der Waals surface area contributed by atoms with Crippen molar-refractivity contribution in [1.29, 1.82) is 0 Å². The van der Waals surface area contributed by atoms with Gasteiger partial charge in [-0.1, -0.05) is 0 Å². The summed E-state index contributed by atoms with van der Waals surface area (Å²) in [5, 5.41) is 12.6. The third-order valence-corrected chi connectivity index (χ3v) is 5.73. The SMILES string of the molecule is O=C(NCC(O)C1CC1)c1cc2c(s1)CCSC2. The van der Waals surface area contributed by atoms with Crippen molar-refractivity contribution >= 4 is 29.0 Å². The van der Waals surface area contributed by atoms with Gasteiger partial charge in [0.25, 0.3) is 5.91 Å². The van der Waals surface area contributed by atoms with Gasteiger partial charge in [0.05, 0.1) is 11.0 Å². The zero-order chi connectivity index (χ0) is 12.5. The van der Waals surface area contributed by atoms with Crippen LogP contribution < -0.4 is 5.32 Å². The fourth-order valence-corrected chi connectivity index (χ4v) is 4.48. The number of nitrogens with one attached hydrogen (secondary N) is 1. The lowest BCUT2D eigenvalue weighted by molar-refractivity contribution is 0.0905. The Bertz CT molecular complexity index is 430. The molecule has 0 aromatic carbocycles. The van der Waals surface area contributed by atoms with E-state index in [1.54, 1.807) is 11.3 Å². The number of thioether (sulfide) groups is 1. The Morgan fingerprint density at radius 1 is 1.56 bits per heavy atom. The molecule has 1 aromatic rings. The van der Waals surface area contributed by atoms with Gasteiger partial charge in [0.2, 0.25) is 0 Å². The van der Waals surface area contributed by atoms with E-state index in [0.717, 1.165) is 35.6 Å². The molecule has 0 radical (unpaired) electrons. The Balaban J connectivity index is 1.59. The maximum absolute atomic E-state index is 12.0. The first-order valence-electron chi connectivity index (χ1n) is 6.39. The molecule has 1 atom stereocenters. The Hall–Kier alpha value is -0.520. The van der Waals surface area contributed by atoms with Gasteiger partial charge >= 0.3 is 0 Å². The maximum Gasteiger partial charge on any atom is 0.261 e. The summed E-state index contributed by atoms with van der Waals surface area (Å²) in [5.41, 5.74) is 1.32. The number of rotatable bonds is 4. The summed E-state index contributed by atoms with van der Waals surface area (Å²) >= 11 is 3.54. The van der Waals surface area contributed by atoms with Crippen molar-refractivity contribution in [2.45, 2.75) is 31.1 Å². The Labute approximate surface area is 115 Å². The van der Waals surface area contributed by atoms with Crippen molar-refractivity contribution < 1.29 is 9.90 Å². The molecule has 2 heterocycles. The van der Waals surface area contributed by atoms with Gasteiger partial charge in [0.1, 0.15) is 0 Å². The summed E-state index contributed by atoms with van der Waals surface area (Å²) < 4.78 is 0. The molecular formula is C13H17NO2S2. The normalized spacial score (nSPS) is 20.3. The zero-order valence-electron chi connectivity index (χ0n) is 10.1. The van der Waals surface area contributed by atoms with Crippen molar-refractivity contribution in [3.63, 3.8) is 0 Å². The molecule has 2 N–H and O–H groups in total. The number of hydrogen-bond donors (Lipinski definition) is 2. The maximum atomic E-state index is 12.0. The lowest BCUT2D eigenvalue weighted by Crippen LogP contribution is -2.32. The summed E-state index contributed by atoms with van der Waals surface area (Å²) in [4.78, 5) is 14.2. The molecule has 0 spiro atoms. The molecule has 1 unspecified atom stereocenters. The molecule has 1 fully saturated rings. The molecule has 1 saturated carbocycles. The number of amides is 1. The van der Waals surface area contributed by atoms with Gasteiger partial charge in [0.15, 0.2) is 0 Å². The van der Waals surface area contributed by atoms with E-state index in [-0.39, 0.29) is 12.0 Å². The van der Waals surface area contributed by atoms with E-state index in [1.165, 1.54) is 10.4 Å². The molecule has 3 rings (SSSR count). The summed E-state index contributed by atoms with van der Waals surface area (Å²) in [6, 6.07) is 2.02. The fraction of sp³-hybridized carbons (Fsp3) is 0.615. The monoisotopic (exact) mass is 283 g/mol. The molecule has 1 amide bonds. The summed E-state index contributed by atoms with van der Waals surface area (Å²) in [7, 11) is 0. The van der Waals surface area contributed by atoms with Crippen molar-refractivity contribution in [3.05, 3.63) is 21.4 Å². The zero-order valence-corrected chi connectivity index (χ0v) is 11.8. The van der Waals surface area contributed by atoms with E-state index in [4.69, 9.17) is 0 Å². The van der Waals surface area contributed by atoms with Crippen LogP contribution >= 0.6 is 23.1 Å². The lowest BCUT2D eigenvalue weighted by Gasteiger charge is -2.09. The predicted molar refractivity (Wildman–Crippen MR) is 75.2 cm³/mol. The molecular weight excluding hydrogens is 266 g/mol. The van der Waals surface area contributed by atoms with E-state index in [1.807, 2.05) is 17.8 Å². The van der Waals surface area contributed by atoms with Crippen LogP contribution in [0.2, 0.25) is 0 Å². The summed E-state index contributed by atoms with van der Waals surface area (Å²) in [5.74, 6) is 2.58. The highest BCUT2D eigenvalue weighted by Gasteiger charge is 2.30. The van der Waals surface area contributed by atoms with Gasteiger partial charge in [-0.3, -0.25) is 4.79 Å². The van der Waals surface area contributed by atoms with Gasteiger partial charge < -0.3 is 10.4 Å². The molecule has 18 heavy (non-hydrogen) atoms. The molecule has 1 aliphatic carbocycles. The van der Waals surface area contributed by atoms with Gasteiger partial charge in [-0.25, -0.2) is 0 Å². The first kappa shape index (κ1) is 12.5. The number of aliphatic hydroxyl groups is 1. The van der Waals surface area contributed by atoms with E-state index < -0.39 is 0 Å². The number of fused-ring (bicyclic) bond motifs is 1. The standard InChI is InChI=1S/C13H17NO2S2/c15-10(8-1-2-8)6-14-13(16)12-5-9-7-17-4-3-11(9)18-12/h5,8,10,15H,1-4,6-7H2,(H,14,16). The van der Waals surface area contributed by atoms with Crippen LogP contribution in [0.1, 0.15) is 33.0 Å². The molecule has 2 aliphatic rings. The van der Waals surface area contributed by atoms with Crippen LogP contribution in [0.5, 0.6) is 0 Å². The third kappa shape index (κ3) is 2.73. The Morgan fingerprint density at radius 3 is 3.11 bits per heavy atom. The number of hydrogen-bond acceptors (Lipinski definition) is 4. The van der Waals surface area contributed by atoms with Crippen LogP contribution in [0.25, 0.3) is 0 Å². The summed E-state index contributed by atoms with van der Waals surface area (Å²) in [6.45, 7) is 0.390. The Kier molecular flexibility index (Phi) is 3.63. The van der Waals surface area contributed by atoms with E-state index in [9.17, 15) is 9.90 Å². The molecule has 98 valence electrons. The highest BCUT2D eigenvalue weighted by atomic mass is 32.2. The lowest BCUT2D eigenvalue weighted by atomic mass is 10.2. The second kappa shape index (κ2) is 5.23. The minimum absolute atomic E-state index is 0.0286.